The molecule has 0 aliphatic heterocycles. The number of pyridine rings is 1. The minimum Gasteiger partial charge on any atom is -0.343 e. The average Bonchev–Trinajstić information content (AvgIpc) is 2.94. The zero-order chi connectivity index (χ0) is 15.9. The fourth-order valence-corrected chi connectivity index (χ4v) is 2.35. The molecule has 1 aromatic carbocycles. The Balaban J connectivity index is 2.18. The zero-order valence-corrected chi connectivity index (χ0v) is 12.3. The Labute approximate surface area is 126 Å². The van der Waals surface area contributed by atoms with Crippen LogP contribution in [0, 0.1) is 5.82 Å². The molecule has 0 atom stereocenters. The third-order valence-corrected chi connectivity index (χ3v) is 3.63. The number of benzene rings is 1. The molecule has 0 bridgehead atoms. The molecule has 5 heteroatoms. The van der Waals surface area contributed by atoms with Gasteiger partial charge in [-0.05, 0) is 36.2 Å². The second-order valence-electron chi connectivity index (χ2n) is 5.50. The van der Waals surface area contributed by atoms with Crippen LogP contribution < -0.4 is 5.56 Å². The minimum absolute atomic E-state index is 0.200. The van der Waals surface area contributed by atoms with Crippen LogP contribution in [0.2, 0.25) is 0 Å². The van der Waals surface area contributed by atoms with Crippen LogP contribution in [0.25, 0.3) is 5.65 Å². The number of aromatic nitrogens is 2. The minimum atomic E-state index is -0.395. The van der Waals surface area contributed by atoms with Gasteiger partial charge in [0, 0.05) is 23.5 Å². The Morgan fingerprint density at radius 3 is 2.45 bits per heavy atom. The third kappa shape index (κ3) is 2.35. The van der Waals surface area contributed by atoms with Crippen LogP contribution in [0.3, 0.4) is 0 Å². The number of hydrogen-bond donors (Lipinski definition) is 1. The average molecular weight is 298 g/mol. The summed E-state index contributed by atoms with van der Waals surface area (Å²) in [5, 5.41) is 0. The first-order valence-corrected chi connectivity index (χ1v) is 7.02. The highest BCUT2D eigenvalue weighted by molar-refractivity contribution is 6.12. The number of H-pyrrole nitrogens is 1. The standard InChI is InChI=1S/C17H15FN2O2/c1-10(2)14-9-20-15(21)8-7-13(17(20)19-14)16(22)11-3-5-12(18)6-4-11/h3-10,19H,1-2H3. The van der Waals surface area contributed by atoms with Crippen LogP contribution in [0.4, 0.5) is 4.39 Å². The van der Waals surface area contributed by atoms with Crippen LogP contribution in [0.5, 0.6) is 0 Å². The predicted molar refractivity (Wildman–Crippen MR) is 81.9 cm³/mol. The molecule has 0 saturated heterocycles. The Hall–Kier alpha value is -2.69. The first-order chi connectivity index (χ1) is 10.5. The summed E-state index contributed by atoms with van der Waals surface area (Å²) in [4.78, 5) is 27.7. The van der Waals surface area contributed by atoms with Crippen molar-refractivity contribution in [3.05, 3.63) is 75.6 Å². The number of rotatable bonds is 3. The van der Waals surface area contributed by atoms with Crippen molar-refractivity contribution in [2.45, 2.75) is 19.8 Å². The van der Waals surface area contributed by atoms with E-state index in [0.29, 0.717) is 16.8 Å². The lowest BCUT2D eigenvalue weighted by Gasteiger charge is -2.03. The Kier molecular flexibility index (Phi) is 3.41. The van der Waals surface area contributed by atoms with Gasteiger partial charge < -0.3 is 4.98 Å². The number of fused-ring (bicyclic) bond motifs is 1. The summed E-state index contributed by atoms with van der Waals surface area (Å²) < 4.78 is 14.4. The molecule has 0 spiro atoms. The Morgan fingerprint density at radius 2 is 1.82 bits per heavy atom. The maximum Gasteiger partial charge on any atom is 0.256 e. The molecule has 2 heterocycles. The molecule has 3 aromatic rings. The van der Waals surface area contributed by atoms with E-state index < -0.39 is 5.82 Å². The molecular formula is C17H15FN2O2. The van der Waals surface area contributed by atoms with Crippen LogP contribution in [-0.2, 0) is 0 Å². The summed E-state index contributed by atoms with van der Waals surface area (Å²) in [6, 6.07) is 8.23. The number of carbonyl (C=O) groups is 1. The van der Waals surface area contributed by atoms with Crippen LogP contribution in [0.15, 0.2) is 47.4 Å². The van der Waals surface area contributed by atoms with Gasteiger partial charge in [-0.2, -0.15) is 0 Å². The van der Waals surface area contributed by atoms with Gasteiger partial charge in [0.15, 0.2) is 5.78 Å². The molecule has 4 nitrogen and oxygen atoms in total. The van der Waals surface area contributed by atoms with E-state index in [0.717, 1.165) is 5.69 Å². The van der Waals surface area contributed by atoms with Gasteiger partial charge in [-0.15, -0.1) is 0 Å². The van der Waals surface area contributed by atoms with Gasteiger partial charge in [-0.25, -0.2) is 4.39 Å². The highest BCUT2D eigenvalue weighted by Crippen LogP contribution is 2.18. The molecule has 0 saturated carbocycles. The van der Waals surface area contributed by atoms with Crippen molar-refractivity contribution in [2.24, 2.45) is 0 Å². The molecule has 0 amide bonds. The summed E-state index contributed by atoms with van der Waals surface area (Å²) in [6.45, 7) is 3.99. The smallest absolute Gasteiger partial charge is 0.256 e. The van der Waals surface area contributed by atoms with Crippen molar-refractivity contribution >= 4 is 11.4 Å². The SMILES string of the molecule is CC(C)c1cn2c(=O)ccc(C(=O)c3ccc(F)cc3)c2[nH]1. The van der Waals surface area contributed by atoms with E-state index in [9.17, 15) is 14.0 Å². The van der Waals surface area contributed by atoms with E-state index in [1.807, 2.05) is 13.8 Å². The number of nitrogens with one attached hydrogen (secondary N) is 1. The monoisotopic (exact) mass is 298 g/mol. The molecule has 0 aliphatic carbocycles. The fourth-order valence-electron chi connectivity index (χ4n) is 2.35. The molecule has 0 unspecified atom stereocenters. The third-order valence-electron chi connectivity index (χ3n) is 3.63. The fraction of sp³-hybridized carbons (Fsp3) is 0.176. The molecule has 1 N–H and O–H groups in total. The molecule has 0 radical (unpaired) electrons. The summed E-state index contributed by atoms with van der Waals surface area (Å²) in [7, 11) is 0. The molecule has 112 valence electrons. The van der Waals surface area contributed by atoms with Gasteiger partial charge in [0.25, 0.3) is 5.56 Å². The lowest BCUT2D eigenvalue weighted by molar-refractivity contribution is 0.103. The van der Waals surface area contributed by atoms with E-state index in [-0.39, 0.29) is 17.3 Å². The van der Waals surface area contributed by atoms with E-state index >= 15 is 0 Å². The summed E-state index contributed by atoms with van der Waals surface area (Å²) in [5.41, 5.74) is 1.90. The molecular weight excluding hydrogens is 283 g/mol. The van der Waals surface area contributed by atoms with Crippen molar-refractivity contribution in [1.29, 1.82) is 0 Å². The van der Waals surface area contributed by atoms with Gasteiger partial charge in [0.05, 0.1) is 5.56 Å². The highest BCUT2D eigenvalue weighted by Gasteiger charge is 2.16. The Bertz CT molecular complexity index is 905. The number of carbonyl (C=O) groups excluding carboxylic acids is 1. The van der Waals surface area contributed by atoms with E-state index in [1.54, 1.807) is 6.20 Å². The number of ketones is 1. The van der Waals surface area contributed by atoms with Crippen LogP contribution >= 0.6 is 0 Å². The lowest BCUT2D eigenvalue weighted by Crippen LogP contribution is -2.14. The second-order valence-corrected chi connectivity index (χ2v) is 5.50. The van der Waals surface area contributed by atoms with Gasteiger partial charge >= 0.3 is 0 Å². The normalized spacial score (nSPS) is 11.3. The van der Waals surface area contributed by atoms with Crippen LogP contribution in [0.1, 0.15) is 41.4 Å². The first-order valence-electron chi connectivity index (χ1n) is 7.02. The molecule has 22 heavy (non-hydrogen) atoms. The maximum absolute atomic E-state index is 13.0. The Morgan fingerprint density at radius 1 is 1.14 bits per heavy atom. The number of imidazole rings is 1. The quantitative estimate of drug-likeness (QED) is 0.755. The molecule has 0 aliphatic rings. The summed E-state index contributed by atoms with van der Waals surface area (Å²) >= 11 is 0. The van der Waals surface area contributed by atoms with Gasteiger partial charge in [0.2, 0.25) is 0 Å². The van der Waals surface area contributed by atoms with Gasteiger partial charge in [-0.1, -0.05) is 13.8 Å². The van der Waals surface area contributed by atoms with Gasteiger partial charge in [0.1, 0.15) is 11.5 Å². The van der Waals surface area contributed by atoms with E-state index in [2.05, 4.69) is 4.98 Å². The van der Waals surface area contributed by atoms with Crippen molar-refractivity contribution < 1.29 is 9.18 Å². The summed E-state index contributed by atoms with van der Waals surface area (Å²) in [5.74, 6) is -0.448. The number of halogens is 1. The van der Waals surface area contributed by atoms with E-state index in [1.165, 1.54) is 40.8 Å². The van der Waals surface area contributed by atoms with Crippen molar-refractivity contribution in [3.63, 3.8) is 0 Å². The predicted octanol–water partition coefficient (Wildman–Crippen LogP) is 3.12. The number of hydrogen-bond acceptors (Lipinski definition) is 2. The number of nitrogens with zero attached hydrogens (tertiary/aromatic N) is 1. The second kappa shape index (κ2) is 5.26. The summed E-state index contributed by atoms with van der Waals surface area (Å²) in [6.07, 6.45) is 1.71. The van der Waals surface area contributed by atoms with E-state index in [4.69, 9.17) is 0 Å². The number of aromatic amines is 1. The topological polar surface area (TPSA) is 54.3 Å². The molecule has 0 fully saturated rings. The van der Waals surface area contributed by atoms with Gasteiger partial charge in [-0.3, -0.25) is 14.0 Å². The lowest BCUT2D eigenvalue weighted by atomic mass is 10.0. The van der Waals surface area contributed by atoms with Crippen molar-refractivity contribution in [1.82, 2.24) is 9.38 Å². The molecule has 2 aromatic heterocycles. The van der Waals surface area contributed by atoms with Crippen molar-refractivity contribution in [3.8, 4) is 0 Å². The zero-order valence-electron chi connectivity index (χ0n) is 12.3. The first kappa shape index (κ1) is 14.3. The maximum atomic E-state index is 13.0. The van der Waals surface area contributed by atoms with Crippen LogP contribution in [-0.4, -0.2) is 15.2 Å². The van der Waals surface area contributed by atoms with Crippen molar-refractivity contribution in [2.75, 3.05) is 0 Å². The largest absolute Gasteiger partial charge is 0.343 e. The molecule has 3 rings (SSSR count). The highest BCUT2D eigenvalue weighted by atomic mass is 19.1.